The molecule has 1 aromatic heterocycles. The normalized spacial score (nSPS) is 14.6. The molecule has 1 aromatic carbocycles. The van der Waals surface area contributed by atoms with Gasteiger partial charge in [0.1, 0.15) is 0 Å². The van der Waals surface area contributed by atoms with Crippen molar-refractivity contribution in [1.82, 2.24) is 9.78 Å². The topological polar surface area (TPSA) is 55.1 Å². The summed E-state index contributed by atoms with van der Waals surface area (Å²) in [6.45, 7) is 2.02. The van der Waals surface area contributed by atoms with Crippen LogP contribution in [-0.4, -0.2) is 20.9 Å². The number of rotatable bonds is 2. The van der Waals surface area contributed by atoms with Crippen molar-refractivity contribution in [2.75, 3.05) is 0 Å². The van der Waals surface area contributed by atoms with E-state index in [0.29, 0.717) is 0 Å². The molecule has 0 saturated carbocycles. The van der Waals surface area contributed by atoms with Gasteiger partial charge in [0.05, 0.1) is 5.69 Å². The maximum Gasteiger partial charge on any atom is 0.356 e. The van der Waals surface area contributed by atoms with Gasteiger partial charge in [-0.2, -0.15) is 5.10 Å². The van der Waals surface area contributed by atoms with E-state index in [2.05, 4.69) is 21.0 Å². The van der Waals surface area contributed by atoms with E-state index < -0.39 is 5.97 Å². The Bertz CT molecular complexity index is 707. The molecule has 5 heteroatoms. The van der Waals surface area contributed by atoms with E-state index in [-0.39, 0.29) is 5.69 Å². The van der Waals surface area contributed by atoms with E-state index in [0.717, 1.165) is 59.1 Å². The van der Waals surface area contributed by atoms with Crippen LogP contribution in [0.1, 0.15) is 46.6 Å². The minimum Gasteiger partial charge on any atom is -0.476 e. The van der Waals surface area contributed by atoms with E-state index in [9.17, 15) is 9.90 Å². The highest BCUT2D eigenvalue weighted by Gasteiger charge is 2.24. The van der Waals surface area contributed by atoms with Gasteiger partial charge in [0, 0.05) is 15.7 Å². The third-order valence-corrected chi connectivity index (χ3v) is 4.51. The molecule has 1 aliphatic rings. The van der Waals surface area contributed by atoms with Gasteiger partial charge in [-0.15, -0.1) is 0 Å². The Kier molecular flexibility index (Phi) is 3.85. The molecule has 0 unspecified atom stereocenters. The van der Waals surface area contributed by atoms with Crippen molar-refractivity contribution in [2.24, 2.45) is 0 Å². The zero-order valence-corrected chi connectivity index (χ0v) is 13.5. The van der Waals surface area contributed by atoms with Crippen LogP contribution in [-0.2, 0) is 12.8 Å². The van der Waals surface area contributed by atoms with Gasteiger partial charge in [-0.1, -0.05) is 22.4 Å². The number of halogens is 1. The molecule has 1 heterocycles. The van der Waals surface area contributed by atoms with Gasteiger partial charge in [0.25, 0.3) is 0 Å². The smallest absolute Gasteiger partial charge is 0.356 e. The fourth-order valence-electron chi connectivity index (χ4n) is 3.00. The fraction of sp³-hybridized carbons (Fsp3) is 0.375. The van der Waals surface area contributed by atoms with Crippen molar-refractivity contribution < 1.29 is 9.90 Å². The minimum atomic E-state index is -0.929. The lowest BCUT2D eigenvalue weighted by atomic mass is 10.1. The molecule has 3 rings (SSSR count). The average molecular weight is 349 g/mol. The van der Waals surface area contributed by atoms with Crippen LogP contribution < -0.4 is 0 Å². The second-order valence-corrected chi connectivity index (χ2v) is 6.40. The lowest BCUT2D eigenvalue weighted by Crippen LogP contribution is -2.05. The summed E-state index contributed by atoms with van der Waals surface area (Å²) in [4.78, 5) is 11.5. The van der Waals surface area contributed by atoms with Gasteiger partial charge >= 0.3 is 5.97 Å². The Balaban J connectivity index is 2.20. The summed E-state index contributed by atoms with van der Waals surface area (Å²) in [5, 5.41) is 13.8. The third-order valence-electron chi connectivity index (χ3n) is 4.02. The zero-order valence-electron chi connectivity index (χ0n) is 11.9. The van der Waals surface area contributed by atoms with Crippen LogP contribution in [0.2, 0.25) is 0 Å². The highest BCUT2D eigenvalue weighted by molar-refractivity contribution is 9.10. The predicted molar refractivity (Wildman–Crippen MR) is 84.2 cm³/mol. The number of nitrogens with zero attached hydrogens (tertiary/aromatic N) is 2. The highest BCUT2D eigenvalue weighted by Crippen LogP contribution is 2.28. The molecule has 0 bridgehead atoms. The predicted octanol–water partition coefficient (Wildman–Crippen LogP) is 3.91. The average Bonchev–Trinajstić information content (AvgIpc) is 2.63. The largest absolute Gasteiger partial charge is 0.476 e. The Morgan fingerprint density at radius 2 is 2.05 bits per heavy atom. The molecule has 21 heavy (non-hydrogen) atoms. The number of carbonyl (C=O) groups is 1. The van der Waals surface area contributed by atoms with Crippen molar-refractivity contribution in [3.63, 3.8) is 0 Å². The summed E-state index contributed by atoms with van der Waals surface area (Å²) >= 11 is 3.46. The fourth-order valence-corrected chi connectivity index (χ4v) is 3.48. The summed E-state index contributed by atoms with van der Waals surface area (Å²) in [5.74, 6) is -0.929. The minimum absolute atomic E-state index is 0.217. The van der Waals surface area contributed by atoms with Crippen LogP contribution in [0.3, 0.4) is 0 Å². The summed E-state index contributed by atoms with van der Waals surface area (Å²) in [5.41, 5.74) is 4.24. The lowest BCUT2D eigenvalue weighted by molar-refractivity contribution is 0.0688. The van der Waals surface area contributed by atoms with Crippen LogP contribution in [0, 0.1) is 6.92 Å². The molecule has 0 amide bonds. The maximum atomic E-state index is 11.5. The van der Waals surface area contributed by atoms with Crippen molar-refractivity contribution >= 4 is 21.9 Å². The number of carboxylic acids is 1. The molecular weight excluding hydrogens is 332 g/mol. The first-order valence-corrected chi connectivity index (χ1v) is 7.98. The van der Waals surface area contributed by atoms with Gasteiger partial charge in [-0.25, -0.2) is 9.48 Å². The second kappa shape index (κ2) is 5.64. The van der Waals surface area contributed by atoms with Crippen molar-refractivity contribution in [2.45, 2.75) is 39.0 Å². The van der Waals surface area contributed by atoms with Crippen LogP contribution in [0.25, 0.3) is 5.69 Å². The van der Waals surface area contributed by atoms with Gasteiger partial charge in [0.15, 0.2) is 5.69 Å². The zero-order chi connectivity index (χ0) is 15.0. The SMILES string of the molecule is Cc1cc(Br)ccc1-n1nc(C(=O)O)c2c1CCCCC2. The molecule has 110 valence electrons. The summed E-state index contributed by atoms with van der Waals surface area (Å²) in [6, 6.07) is 5.98. The van der Waals surface area contributed by atoms with Crippen molar-refractivity contribution in [3.05, 3.63) is 45.2 Å². The van der Waals surface area contributed by atoms with Crippen LogP contribution in [0.15, 0.2) is 22.7 Å². The molecule has 0 fully saturated rings. The first-order chi connectivity index (χ1) is 10.1. The first-order valence-electron chi connectivity index (χ1n) is 7.18. The Hall–Kier alpha value is -1.62. The number of benzene rings is 1. The van der Waals surface area contributed by atoms with Gasteiger partial charge < -0.3 is 5.11 Å². The Labute approximate surface area is 131 Å². The van der Waals surface area contributed by atoms with Crippen LogP contribution in [0.4, 0.5) is 0 Å². The highest BCUT2D eigenvalue weighted by atomic mass is 79.9. The van der Waals surface area contributed by atoms with Crippen molar-refractivity contribution in [3.8, 4) is 5.69 Å². The molecule has 0 atom stereocenters. The number of aromatic carboxylic acids is 1. The quantitative estimate of drug-likeness (QED) is 0.837. The Morgan fingerprint density at radius 3 is 2.76 bits per heavy atom. The van der Waals surface area contributed by atoms with Crippen LogP contribution >= 0.6 is 15.9 Å². The molecule has 2 aromatic rings. The molecule has 0 aliphatic heterocycles. The number of hydrogen-bond acceptors (Lipinski definition) is 2. The van der Waals surface area contributed by atoms with Crippen molar-refractivity contribution in [1.29, 1.82) is 0 Å². The van der Waals surface area contributed by atoms with E-state index in [1.54, 1.807) is 0 Å². The van der Waals surface area contributed by atoms with Gasteiger partial charge in [0.2, 0.25) is 0 Å². The number of aromatic nitrogens is 2. The first kappa shape index (κ1) is 14.3. The number of carboxylic acid groups (broad SMARTS) is 1. The lowest BCUT2D eigenvalue weighted by Gasteiger charge is -2.10. The van der Waals surface area contributed by atoms with Gasteiger partial charge in [-0.3, -0.25) is 0 Å². The molecule has 1 aliphatic carbocycles. The van der Waals surface area contributed by atoms with Gasteiger partial charge in [-0.05, 0) is 56.4 Å². The standard InChI is InChI=1S/C16H17BrN2O2/c1-10-9-11(17)7-8-13(10)19-14-6-4-2-3-5-12(14)15(18-19)16(20)21/h7-9H,2-6H2,1H3,(H,20,21). The number of fused-ring (bicyclic) bond motifs is 1. The van der Waals surface area contributed by atoms with E-state index in [1.165, 1.54) is 0 Å². The summed E-state index contributed by atoms with van der Waals surface area (Å²) in [7, 11) is 0. The van der Waals surface area contributed by atoms with E-state index in [4.69, 9.17) is 0 Å². The molecule has 0 spiro atoms. The molecule has 0 saturated heterocycles. The molecule has 4 nitrogen and oxygen atoms in total. The summed E-state index contributed by atoms with van der Waals surface area (Å²) in [6.07, 6.45) is 4.98. The molecule has 0 radical (unpaired) electrons. The molecular formula is C16H17BrN2O2. The van der Waals surface area contributed by atoms with Crippen LogP contribution in [0.5, 0.6) is 0 Å². The van der Waals surface area contributed by atoms with E-state index in [1.807, 2.05) is 29.8 Å². The third kappa shape index (κ3) is 2.62. The second-order valence-electron chi connectivity index (χ2n) is 5.48. The summed E-state index contributed by atoms with van der Waals surface area (Å²) < 4.78 is 2.85. The number of hydrogen-bond donors (Lipinski definition) is 1. The monoisotopic (exact) mass is 348 g/mol. The van der Waals surface area contributed by atoms with E-state index >= 15 is 0 Å². The number of aryl methyl sites for hydroxylation is 1. The maximum absolute atomic E-state index is 11.5. The Morgan fingerprint density at radius 1 is 1.29 bits per heavy atom. The molecule has 1 N–H and O–H groups in total.